The van der Waals surface area contributed by atoms with Crippen molar-refractivity contribution >= 4 is 35.8 Å². The van der Waals surface area contributed by atoms with Gasteiger partial charge in [-0.2, -0.15) is 0 Å². The number of guanidine groups is 1. The van der Waals surface area contributed by atoms with E-state index in [1.807, 2.05) is 36.4 Å². The van der Waals surface area contributed by atoms with Crippen LogP contribution in [0.5, 0.6) is 0 Å². The van der Waals surface area contributed by atoms with Crippen LogP contribution >= 0.6 is 24.0 Å². The molecule has 1 saturated heterocycles. The number of nitrogens with zero attached hydrogens (tertiary/aromatic N) is 2. The Morgan fingerprint density at radius 2 is 2.06 bits per heavy atom. The highest BCUT2D eigenvalue weighted by Gasteiger charge is 2.17. The van der Waals surface area contributed by atoms with Crippen molar-refractivity contribution in [1.29, 1.82) is 0 Å². The Bertz CT molecular complexity index is 856. The Morgan fingerprint density at radius 3 is 2.82 bits per heavy atom. The number of furan rings is 1. The summed E-state index contributed by atoms with van der Waals surface area (Å²) in [7, 11) is 0. The van der Waals surface area contributed by atoms with Gasteiger partial charge in [0.1, 0.15) is 5.76 Å². The van der Waals surface area contributed by atoms with Gasteiger partial charge < -0.3 is 25.3 Å². The van der Waals surface area contributed by atoms with E-state index in [1.165, 1.54) is 25.8 Å². The second-order valence-corrected chi connectivity index (χ2v) is 8.32. The first-order valence-corrected chi connectivity index (χ1v) is 11.8. The molecule has 182 valence electrons. The zero-order chi connectivity index (χ0) is 22.6. The molecule has 1 aliphatic heterocycles. The summed E-state index contributed by atoms with van der Waals surface area (Å²) in [6.07, 6.45) is 6.70. The van der Waals surface area contributed by atoms with E-state index in [4.69, 9.17) is 9.41 Å². The summed E-state index contributed by atoms with van der Waals surface area (Å²) in [5, 5.41) is 9.63. The first-order chi connectivity index (χ1) is 15.7. The van der Waals surface area contributed by atoms with E-state index in [9.17, 15) is 4.79 Å². The molecule has 1 fully saturated rings. The van der Waals surface area contributed by atoms with Crippen LogP contribution in [0.4, 0.5) is 0 Å². The molecule has 1 aliphatic rings. The maximum absolute atomic E-state index is 12.4. The predicted octanol–water partition coefficient (Wildman–Crippen LogP) is 4.15. The van der Waals surface area contributed by atoms with Gasteiger partial charge in [0.2, 0.25) is 0 Å². The van der Waals surface area contributed by atoms with Gasteiger partial charge >= 0.3 is 0 Å². The van der Waals surface area contributed by atoms with E-state index >= 15 is 0 Å². The Labute approximate surface area is 214 Å². The van der Waals surface area contributed by atoms with Gasteiger partial charge in [-0.05, 0) is 69.5 Å². The molecule has 33 heavy (non-hydrogen) atoms. The van der Waals surface area contributed by atoms with E-state index in [2.05, 4.69) is 34.7 Å². The lowest BCUT2D eigenvalue weighted by Gasteiger charge is -2.33. The molecule has 1 atom stereocenters. The number of carbonyl (C=O) groups excluding carboxylic acids is 1. The molecule has 2 aromatic rings. The molecule has 0 spiro atoms. The highest BCUT2D eigenvalue weighted by atomic mass is 127. The van der Waals surface area contributed by atoms with Crippen LogP contribution in [0.25, 0.3) is 0 Å². The van der Waals surface area contributed by atoms with Crippen LogP contribution in [0.2, 0.25) is 0 Å². The lowest BCUT2D eigenvalue weighted by Crippen LogP contribution is -2.41. The third-order valence-corrected chi connectivity index (χ3v) is 5.81. The standard InChI is InChI=1S/C25H37N5O2.HI/c1-3-26-25(27-13-8-15-30-14-5-4-9-20(30)2)29-18-21-10-6-11-22(17-21)24(31)28-19-23-12-7-16-32-23;/h6-7,10-12,16-17,20H,3-5,8-9,13-15,18-19H2,1-2H3,(H,28,31)(H2,26,27,29);1H. The van der Waals surface area contributed by atoms with E-state index in [1.54, 1.807) is 6.26 Å². The number of benzene rings is 1. The first-order valence-electron chi connectivity index (χ1n) is 11.8. The number of aliphatic imine (C=N–C) groups is 1. The number of nitrogens with one attached hydrogen (secondary N) is 3. The summed E-state index contributed by atoms with van der Waals surface area (Å²) in [6, 6.07) is 11.9. The van der Waals surface area contributed by atoms with Crippen LogP contribution in [-0.2, 0) is 13.1 Å². The van der Waals surface area contributed by atoms with E-state index < -0.39 is 0 Å². The minimum absolute atomic E-state index is 0. The number of halogens is 1. The normalized spacial score (nSPS) is 16.7. The third kappa shape index (κ3) is 9.37. The number of hydrogen-bond acceptors (Lipinski definition) is 4. The topological polar surface area (TPSA) is 81.9 Å². The van der Waals surface area contributed by atoms with Crippen molar-refractivity contribution in [2.75, 3.05) is 26.2 Å². The molecule has 3 N–H and O–H groups in total. The fraction of sp³-hybridized carbons (Fsp3) is 0.520. The molecule has 1 amide bonds. The molecule has 3 rings (SSSR count). The minimum atomic E-state index is -0.121. The predicted molar refractivity (Wildman–Crippen MR) is 144 cm³/mol. The molecule has 1 aromatic heterocycles. The fourth-order valence-electron chi connectivity index (χ4n) is 3.98. The van der Waals surface area contributed by atoms with Crippen LogP contribution in [0, 0.1) is 0 Å². The summed E-state index contributed by atoms with van der Waals surface area (Å²) in [5.41, 5.74) is 1.62. The average molecular weight is 568 g/mol. The van der Waals surface area contributed by atoms with Crippen molar-refractivity contribution in [3.05, 3.63) is 59.5 Å². The maximum atomic E-state index is 12.4. The van der Waals surface area contributed by atoms with Crippen molar-refractivity contribution in [2.24, 2.45) is 4.99 Å². The number of amides is 1. The molecule has 0 radical (unpaired) electrons. The summed E-state index contributed by atoms with van der Waals surface area (Å²) < 4.78 is 5.26. The molecule has 8 heteroatoms. The Morgan fingerprint density at radius 1 is 1.18 bits per heavy atom. The Hall–Kier alpha value is -2.07. The maximum Gasteiger partial charge on any atom is 0.251 e. The molecular weight excluding hydrogens is 529 g/mol. The van der Waals surface area contributed by atoms with E-state index in [0.29, 0.717) is 24.7 Å². The van der Waals surface area contributed by atoms with Crippen molar-refractivity contribution in [3.8, 4) is 0 Å². The van der Waals surface area contributed by atoms with Crippen molar-refractivity contribution in [3.63, 3.8) is 0 Å². The molecular formula is C25H38IN5O2. The molecule has 1 aromatic carbocycles. The number of likely N-dealkylation sites (tertiary alicyclic amines) is 1. The molecule has 1 unspecified atom stereocenters. The highest BCUT2D eigenvalue weighted by Crippen LogP contribution is 2.16. The average Bonchev–Trinajstić information content (AvgIpc) is 3.33. The fourth-order valence-corrected chi connectivity index (χ4v) is 3.98. The van der Waals surface area contributed by atoms with Gasteiger partial charge in [0.25, 0.3) is 5.91 Å². The van der Waals surface area contributed by atoms with Gasteiger partial charge in [-0.1, -0.05) is 18.6 Å². The van der Waals surface area contributed by atoms with Crippen LogP contribution in [0.15, 0.2) is 52.1 Å². The molecule has 2 heterocycles. The monoisotopic (exact) mass is 567 g/mol. The van der Waals surface area contributed by atoms with Gasteiger partial charge in [0.15, 0.2) is 5.96 Å². The number of rotatable bonds is 10. The zero-order valence-corrected chi connectivity index (χ0v) is 22.1. The molecule has 0 saturated carbocycles. The first kappa shape index (κ1) is 27.2. The second kappa shape index (κ2) is 15.0. The van der Waals surface area contributed by atoms with Crippen molar-refractivity contribution < 1.29 is 9.21 Å². The summed E-state index contributed by atoms with van der Waals surface area (Å²) in [6.45, 7) is 9.34. The van der Waals surface area contributed by atoms with Gasteiger partial charge in [0.05, 0.1) is 19.4 Å². The smallest absolute Gasteiger partial charge is 0.251 e. The van der Waals surface area contributed by atoms with Crippen LogP contribution in [-0.4, -0.2) is 49.0 Å². The molecule has 0 aliphatic carbocycles. The Kier molecular flexibility index (Phi) is 12.3. The van der Waals surface area contributed by atoms with Crippen molar-refractivity contribution in [2.45, 2.75) is 58.7 Å². The van der Waals surface area contributed by atoms with Crippen LogP contribution in [0.3, 0.4) is 0 Å². The quantitative estimate of drug-likeness (QED) is 0.174. The number of piperidine rings is 1. The number of hydrogen-bond donors (Lipinski definition) is 3. The van der Waals surface area contributed by atoms with Crippen LogP contribution in [0.1, 0.15) is 61.2 Å². The largest absolute Gasteiger partial charge is 0.467 e. The van der Waals surface area contributed by atoms with Crippen LogP contribution < -0.4 is 16.0 Å². The minimum Gasteiger partial charge on any atom is -0.467 e. The van der Waals surface area contributed by atoms with E-state index in [0.717, 1.165) is 43.3 Å². The van der Waals surface area contributed by atoms with Crippen molar-refractivity contribution in [1.82, 2.24) is 20.9 Å². The zero-order valence-electron chi connectivity index (χ0n) is 19.8. The second-order valence-electron chi connectivity index (χ2n) is 8.32. The lowest BCUT2D eigenvalue weighted by atomic mass is 10.0. The lowest BCUT2D eigenvalue weighted by molar-refractivity contribution is 0.0948. The number of carbonyl (C=O) groups is 1. The molecule has 7 nitrogen and oxygen atoms in total. The molecule has 0 bridgehead atoms. The van der Waals surface area contributed by atoms with Gasteiger partial charge in [-0.25, -0.2) is 4.99 Å². The summed E-state index contributed by atoms with van der Waals surface area (Å²) >= 11 is 0. The Balaban J connectivity index is 0.00000385. The highest BCUT2D eigenvalue weighted by molar-refractivity contribution is 14.0. The summed E-state index contributed by atoms with van der Waals surface area (Å²) in [5.74, 6) is 1.42. The van der Waals surface area contributed by atoms with E-state index in [-0.39, 0.29) is 29.9 Å². The SMILES string of the molecule is CCNC(=NCc1cccc(C(=O)NCc2ccco2)c1)NCCCN1CCCCC1C.I. The summed E-state index contributed by atoms with van der Waals surface area (Å²) in [4.78, 5) is 19.7. The van der Waals surface area contributed by atoms with Gasteiger partial charge in [-0.15, -0.1) is 24.0 Å². The van der Waals surface area contributed by atoms with Gasteiger partial charge in [-0.3, -0.25) is 4.79 Å². The third-order valence-electron chi connectivity index (χ3n) is 5.81. The van der Waals surface area contributed by atoms with Gasteiger partial charge in [0, 0.05) is 31.2 Å².